The van der Waals surface area contributed by atoms with E-state index in [9.17, 15) is 8.42 Å². The summed E-state index contributed by atoms with van der Waals surface area (Å²) in [4.78, 5) is 0. The van der Waals surface area contributed by atoms with Crippen molar-refractivity contribution in [2.75, 3.05) is 13.1 Å². The van der Waals surface area contributed by atoms with Crippen molar-refractivity contribution in [3.8, 4) is 12.3 Å². The van der Waals surface area contributed by atoms with E-state index in [1.54, 1.807) is 6.07 Å². The third kappa shape index (κ3) is 4.55. The maximum atomic E-state index is 12.7. The van der Waals surface area contributed by atoms with Crippen LogP contribution in [-0.4, -0.2) is 31.9 Å². The van der Waals surface area contributed by atoms with Crippen LogP contribution in [0.1, 0.15) is 32.3 Å². The standard InChI is InChI=1S/C15H22N2O2S2/c1-4-7-17(10-13-5-6-13)21(18,19)15-8-14(11-20-15)9-16-12(2)3/h1,8,11-13,16H,5-7,9-10H2,2-3H3. The smallest absolute Gasteiger partial charge is 0.253 e. The van der Waals surface area contributed by atoms with Crippen LogP contribution in [0.4, 0.5) is 0 Å². The van der Waals surface area contributed by atoms with Crippen LogP contribution in [0.5, 0.6) is 0 Å². The molecular weight excluding hydrogens is 304 g/mol. The number of hydrogen-bond donors (Lipinski definition) is 1. The van der Waals surface area contributed by atoms with Gasteiger partial charge in [-0.25, -0.2) is 8.42 Å². The van der Waals surface area contributed by atoms with E-state index in [4.69, 9.17) is 6.42 Å². The predicted octanol–water partition coefficient (Wildman–Crippen LogP) is 2.28. The highest BCUT2D eigenvalue weighted by atomic mass is 32.2. The highest BCUT2D eigenvalue weighted by Crippen LogP contribution is 2.32. The van der Waals surface area contributed by atoms with Crippen molar-refractivity contribution >= 4 is 21.4 Å². The van der Waals surface area contributed by atoms with Gasteiger partial charge in [0.05, 0.1) is 6.54 Å². The van der Waals surface area contributed by atoms with Crippen molar-refractivity contribution in [1.29, 1.82) is 0 Å². The van der Waals surface area contributed by atoms with Gasteiger partial charge in [0.2, 0.25) is 0 Å². The largest absolute Gasteiger partial charge is 0.310 e. The van der Waals surface area contributed by atoms with E-state index < -0.39 is 10.0 Å². The van der Waals surface area contributed by atoms with Gasteiger partial charge in [-0.3, -0.25) is 0 Å². The normalized spacial score (nSPS) is 15.6. The average Bonchev–Trinajstić information content (AvgIpc) is 3.10. The Kier molecular flexibility index (Phi) is 5.44. The van der Waals surface area contributed by atoms with Crippen LogP contribution in [0.15, 0.2) is 15.7 Å². The van der Waals surface area contributed by atoms with Gasteiger partial charge in [0, 0.05) is 19.1 Å². The number of hydrogen-bond acceptors (Lipinski definition) is 4. The molecule has 0 atom stereocenters. The minimum Gasteiger partial charge on any atom is -0.310 e. The quantitative estimate of drug-likeness (QED) is 0.746. The maximum Gasteiger partial charge on any atom is 0.253 e. The van der Waals surface area contributed by atoms with Gasteiger partial charge in [-0.15, -0.1) is 17.8 Å². The fourth-order valence-electron chi connectivity index (χ4n) is 1.97. The summed E-state index contributed by atoms with van der Waals surface area (Å²) in [5, 5.41) is 5.19. The molecule has 1 fully saturated rings. The molecule has 21 heavy (non-hydrogen) atoms. The summed E-state index contributed by atoms with van der Waals surface area (Å²) in [6.07, 6.45) is 7.53. The zero-order chi connectivity index (χ0) is 15.5. The van der Waals surface area contributed by atoms with Gasteiger partial charge in [0.15, 0.2) is 0 Å². The molecule has 1 aromatic rings. The molecule has 6 heteroatoms. The summed E-state index contributed by atoms with van der Waals surface area (Å²) in [6.45, 7) is 5.50. The average molecular weight is 326 g/mol. The molecule has 1 aliphatic rings. The second-order valence-electron chi connectivity index (χ2n) is 5.75. The highest BCUT2D eigenvalue weighted by Gasteiger charge is 2.32. The maximum absolute atomic E-state index is 12.7. The molecule has 0 saturated heterocycles. The molecule has 1 saturated carbocycles. The Morgan fingerprint density at radius 3 is 2.81 bits per heavy atom. The van der Waals surface area contributed by atoms with Crippen molar-refractivity contribution < 1.29 is 8.42 Å². The molecule has 1 aliphatic carbocycles. The Balaban J connectivity index is 2.11. The van der Waals surface area contributed by atoms with E-state index in [-0.39, 0.29) is 6.54 Å². The second kappa shape index (κ2) is 6.93. The molecule has 4 nitrogen and oxygen atoms in total. The number of nitrogens with one attached hydrogen (secondary N) is 1. The Labute approximate surface area is 131 Å². The van der Waals surface area contributed by atoms with E-state index in [0.717, 1.165) is 18.4 Å². The Hall–Kier alpha value is -0.870. The van der Waals surface area contributed by atoms with Crippen LogP contribution < -0.4 is 5.32 Å². The summed E-state index contributed by atoms with van der Waals surface area (Å²) in [6, 6.07) is 2.13. The lowest BCUT2D eigenvalue weighted by Crippen LogP contribution is -2.32. The van der Waals surface area contributed by atoms with Crippen LogP contribution in [0.3, 0.4) is 0 Å². The van der Waals surface area contributed by atoms with Gasteiger partial charge in [0.25, 0.3) is 10.0 Å². The molecule has 0 aliphatic heterocycles. The lowest BCUT2D eigenvalue weighted by atomic mass is 10.3. The fourth-order valence-corrected chi connectivity index (χ4v) is 4.76. The molecule has 0 aromatic carbocycles. The molecule has 116 valence electrons. The van der Waals surface area contributed by atoms with Gasteiger partial charge in [0.1, 0.15) is 4.21 Å². The minimum absolute atomic E-state index is 0.149. The topological polar surface area (TPSA) is 49.4 Å². The second-order valence-corrected chi connectivity index (χ2v) is 8.83. The van der Waals surface area contributed by atoms with Crippen LogP contribution >= 0.6 is 11.3 Å². The van der Waals surface area contributed by atoms with Crippen molar-refractivity contribution in [2.45, 2.75) is 43.5 Å². The van der Waals surface area contributed by atoms with Crippen molar-refractivity contribution in [2.24, 2.45) is 5.92 Å². The first-order chi connectivity index (χ1) is 9.93. The zero-order valence-electron chi connectivity index (χ0n) is 12.5. The Morgan fingerprint density at radius 2 is 2.24 bits per heavy atom. The van der Waals surface area contributed by atoms with Gasteiger partial charge in [-0.2, -0.15) is 4.31 Å². The van der Waals surface area contributed by atoms with Crippen LogP contribution in [-0.2, 0) is 16.6 Å². The highest BCUT2D eigenvalue weighted by molar-refractivity contribution is 7.91. The van der Waals surface area contributed by atoms with Gasteiger partial charge in [-0.05, 0) is 35.8 Å². The van der Waals surface area contributed by atoms with Gasteiger partial charge >= 0.3 is 0 Å². The number of rotatable bonds is 8. The van der Waals surface area contributed by atoms with Gasteiger partial charge < -0.3 is 5.32 Å². The van der Waals surface area contributed by atoms with E-state index in [1.165, 1.54) is 15.6 Å². The summed E-state index contributed by atoms with van der Waals surface area (Å²) in [5.41, 5.74) is 0.999. The number of nitrogens with zero attached hydrogens (tertiary/aromatic N) is 1. The molecule has 0 amide bonds. The monoisotopic (exact) mass is 326 g/mol. The Bertz CT molecular complexity index is 610. The molecule has 1 aromatic heterocycles. The van der Waals surface area contributed by atoms with E-state index in [0.29, 0.717) is 29.3 Å². The summed E-state index contributed by atoms with van der Waals surface area (Å²) >= 11 is 1.27. The SMILES string of the molecule is C#CCN(CC1CC1)S(=O)(=O)c1cc(CNC(C)C)cs1. The summed E-state index contributed by atoms with van der Waals surface area (Å²) < 4.78 is 27.1. The molecule has 0 unspecified atom stereocenters. The van der Waals surface area contributed by atoms with Crippen molar-refractivity contribution in [3.05, 3.63) is 17.0 Å². The Morgan fingerprint density at radius 1 is 1.52 bits per heavy atom. The van der Waals surface area contributed by atoms with Crippen molar-refractivity contribution in [1.82, 2.24) is 9.62 Å². The third-order valence-corrected chi connectivity index (χ3v) is 6.64. The molecule has 0 radical (unpaired) electrons. The molecule has 0 bridgehead atoms. The molecule has 1 N–H and O–H groups in total. The van der Waals surface area contributed by atoms with Crippen LogP contribution in [0, 0.1) is 18.3 Å². The fraction of sp³-hybridized carbons (Fsp3) is 0.600. The number of thiophene rings is 1. The minimum atomic E-state index is -3.45. The lowest BCUT2D eigenvalue weighted by molar-refractivity contribution is 0.431. The van der Waals surface area contributed by atoms with E-state index in [2.05, 4.69) is 25.1 Å². The summed E-state index contributed by atoms with van der Waals surface area (Å²) in [7, 11) is -3.45. The van der Waals surface area contributed by atoms with E-state index in [1.807, 2.05) is 5.38 Å². The molecule has 2 rings (SSSR count). The first-order valence-electron chi connectivity index (χ1n) is 7.18. The van der Waals surface area contributed by atoms with Crippen LogP contribution in [0.25, 0.3) is 0 Å². The predicted molar refractivity (Wildman–Crippen MR) is 86.6 cm³/mol. The number of terminal acetylenes is 1. The first-order valence-corrected chi connectivity index (χ1v) is 9.50. The molecule has 0 spiro atoms. The number of sulfonamides is 1. The molecular formula is C15H22N2O2S2. The third-order valence-electron chi connectivity index (χ3n) is 3.36. The van der Waals surface area contributed by atoms with E-state index >= 15 is 0 Å². The lowest BCUT2D eigenvalue weighted by Gasteiger charge is -2.18. The molecule has 1 heterocycles. The summed E-state index contributed by atoms with van der Waals surface area (Å²) in [5.74, 6) is 2.94. The zero-order valence-corrected chi connectivity index (χ0v) is 14.1. The first kappa shape index (κ1) is 16.5. The van der Waals surface area contributed by atoms with Gasteiger partial charge in [-0.1, -0.05) is 19.8 Å². The van der Waals surface area contributed by atoms with Crippen LogP contribution in [0.2, 0.25) is 0 Å². The van der Waals surface area contributed by atoms with Crippen molar-refractivity contribution in [3.63, 3.8) is 0 Å².